The van der Waals surface area contributed by atoms with E-state index in [-0.39, 0.29) is 6.61 Å². The molecule has 0 saturated carbocycles. The van der Waals surface area contributed by atoms with Crippen LogP contribution in [0.2, 0.25) is 0 Å². The first kappa shape index (κ1) is 15.4. The highest BCUT2D eigenvalue weighted by molar-refractivity contribution is 5.84. The largest absolute Gasteiger partial charge is 0.485 e. The SMILES string of the molecule is CCCNC(C)(COc1c(F)cccc1F)C(N)=O. The third-order valence-corrected chi connectivity index (χ3v) is 2.73. The van der Waals surface area contributed by atoms with Gasteiger partial charge in [-0.05, 0) is 32.0 Å². The van der Waals surface area contributed by atoms with Gasteiger partial charge in [0, 0.05) is 0 Å². The van der Waals surface area contributed by atoms with E-state index in [1.807, 2.05) is 6.92 Å². The van der Waals surface area contributed by atoms with E-state index in [4.69, 9.17) is 10.5 Å². The number of carbonyl (C=O) groups excluding carboxylic acids is 1. The number of ether oxygens (including phenoxy) is 1. The minimum absolute atomic E-state index is 0.250. The van der Waals surface area contributed by atoms with Crippen LogP contribution in [0, 0.1) is 11.6 Å². The number of hydrogen-bond donors (Lipinski definition) is 2. The van der Waals surface area contributed by atoms with Crippen molar-refractivity contribution in [2.75, 3.05) is 13.2 Å². The molecular weight excluding hydrogens is 254 g/mol. The number of halogens is 2. The molecule has 0 heterocycles. The molecule has 3 N–H and O–H groups in total. The molecule has 0 saturated heterocycles. The zero-order valence-electron chi connectivity index (χ0n) is 11.0. The molecule has 1 unspecified atom stereocenters. The average molecular weight is 272 g/mol. The normalized spacial score (nSPS) is 13.9. The number of primary amides is 1. The van der Waals surface area contributed by atoms with Gasteiger partial charge in [-0.1, -0.05) is 13.0 Å². The lowest BCUT2D eigenvalue weighted by Crippen LogP contribution is -2.57. The number of nitrogens with one attached hydrogen (secondary N) is 1. The van der Waals surface area contributed by atoms with Crippen LogP contribution in [0.5, 0.6) is 5.75 Å². The molecule has 1 aromatic rings. The summed E-state index contributed by atoms with van der Waals surface area (Å²) in [7, 11) is 0. The Bertz CT molecular complexity index is 434. The first-order chi connectivity index (χ1) is 8.90. The second-order valence-corrected chi connectivity index (χ2v) is 4.46. The van der Waals surface area contributed by atoms with Crippen molar-refractivity contribution in [3.63, 3.8) is 0 Å². The van der Waals surface area contributed by atoms with Crippen molar-refractivity contribution in [3.05, 3.63) is 29.8 Å². The molecule has 4 nitrogen and oxygen atoms in total. The van der Waals surface area contributed by atoms with E-state index >= 15 is 0 Å². The number of para-hydroxylation sites is 1. The summed E-state index contributed by atoms with van der Waals surface area (Å²) in [5.41, 5.74) is 4.11. The minimum atomic E-state index is -1.18. The summed E-state index contributed by atoms with van der Waals surface area (Å²) < 4.78 is 31.8. The summed E-state index contributed by atoms with van der Waals surface area (Å²) in [4.78, 5) is 11.4. The fourth-order valence-electron chi connectivity index (χ4n) is 1.45. The molecular formula is C13H18F2N2O2. The Labute approximate surface area is 110 Å². The lowest BCUT2D eigenvalue weighted by atomic mass is 10.0. The van der Waals surface area contributed by atoms with Gasteiger partial charge in [-0.3, -0.25) is 4.79 Å². The highest BCUT2D eigenvalue weighted by atomic mass is 19.1. The Morgan fingerprint density at radius 1 is 1.42 bits per heavy atom. The van der Waals surface area contributed by atoms with Crippen LogP contribution < -0.4 is 15.8 Å². The van der Waals surface area contributed by atoms with E-state index < -0.39 is 28.8 Å². The predicted molar refractivity (Wildman–Crippen MR) is 67.7 cm³/mol. The second kappa shape index (κ2) is 6.47. The van der Waals surface area contributed by atoms with E-state index in [1.54, 1.807) is 0 Å². The van der Waals surface area contributed by atoms with Gasteiger partial charge in [0.15, 0.2) is 17.4 Å². The number of nitrogens with two attached hydrogens (primary N) is 1. The molecule has 0 radical (unpaired) electrons. The molecule has 0 bridgehead atoms. The van der Waals surface area contributed by atoms with Crippen LogP contribution in [0.4, 0.5) is 8.78 Å². The van der Waals surface area contributed by atoms with Gasteiger partial charge in [-0.25, -0.2) is 8.78 Å². The lowest BCUT2D eigenvalue weighted by Gasteiger charge is -2.27. The van der Waals surface area contributed by atoms with E-state index in [2.05, 4.69) is 5.32 Å². The summed E-state index contributed by atoms with van der Waals surface area (Å²) >= 11 is 0. The van der Waals surface area contributed by atoms with Gasteiger partial charge in [0.2, 0.25) is 5.91 Å². The Morgan fingerprint density at radius 3 is 2.47 bits per heavy atom. The Balaban J connectivity index is 2.79. The standard InChI is InChI=1S/C13H18F2N2O2/c1-3-7-17-13(2,12(16)18)8-19-11-9(14)5-4-6-10(11)15/h4-6,17H,3,7-8H2,1-2H3,(H2,16,18). The van der Waals surface area contributed by atoms with E-state index in [1.165, 1.54) is 13.0 Å². The van der Waals surface area contributed by atoms with Gasteiger partial charge in [-0.15, -0.1) is 0 Å². The third kappa shape index (κ3) is 3.89. The van der Waals surface area contributed by atoms with E-state index in [0.717, 1.165) is 18.6 Å². The average Bonchev–Trinajstić information content (AvgIpc) is 2.35. The minimum Gasteiger partial charge on any atom is -0.485 e. The van der Waals surface area contributed by atoms with Crippen LogP contribution >= 0.6 is 0 Å². The van der Waals surface area contributed by atoms with Gasteiger partial charge < -0.3 is 15.8 Å². The van der Waals surface area contributed by atoms with Gasteiger partial charge >= 0.3 is 0 Å². The molecule has 1 aromatic carbocycles. The highest BCUT2D eigenvalue weighted by Crippen LogP contribution is 2.22. The summed E-state index contributed by atoms with van der Waals surface area (Å²) in [5, 5.41) is 2.91. The number of carbonyl (C=O) groups is 1. The van der Waals surface area contributed by atoms with Crippen LogP contribution in [0.1, 0.15) is 20.3 Å². The summed E-state index contributed by atoms with van der Waals surface area (Å²) in [6, 6.07) is 3.40. The van der Waals surface area contributed by atoms with E-state index in [0.29, 0.717) is 6.54 Å². The zero-order chi connectivity index (χ0) is 14.5. The maximum atomic E-state index is 13.4. The first-order valence-corrected chi connectivity index (χ1v) is 6.02. The molecule has 19 heavy (non-hydrogen) atoms. The molecule has 0 aromatic heterocycles. The van der Waals surface area contributed by atoms with Crippen LogP contribution in [0.25, 0.3) is 0 Å². The van der Waals surface area contributed by atoms with Crippen LogP contribution in [0.15, 0.2) is 18.2 Å². The second-order valence-electron chi connectivity index (χ2n) is 4.46. The summed E-state index contributed by atoms with van der Waals surface area (Å²) in [6.45, 7) is 3.75. The Hall–Kier alpha value is -1.69. The third-order valence-electron chi connectivity index (χ3n) is 2.73. The molecule has 106 valence electrons. The maximum absolute atomic E-state index is 13.4. The van der Waals surface area contributed by atoms with E-state index in [9.17, 15) is 13.6 Å². The van der Waals surface area contributed by atoms with Crippen molar-refractivity contribution in [1.82, 2.24) is 5.32 Å². The molecule has 0 spiro atoms. The van der Waals surface area contributed by atoms with Gasteiger partial charge in [0.05, 0.1) is 0 Å². The lowest BCUT2D eigenvalue weighted by molar-refractivity contribution is -0.125. The van der Waals surface area contributed by atoms with Crippen LogP contribution in [-0.2, 0) is 4.79 Å². The fourth-order valence-corrected chi connectivity index (χ4v) is 1.45. The topological polar surface area (TPSA) is 64.3 Å². The number of benzene rings is 1. The molecule has 0 fully saturated rings. The van der Waals surface area contributed by atoms with Crippen LogP contribution in [0.3, 0.4) is 0 Å². The van der Waals surface area contributed by atoms with Gasteiger partial charge in [0.1, 0.15) is 12.1 Å². The molecule has 1 atom stereocenters. The van der Waals surface area contributed by atoms with Crippen molar-refractivity contribution in [2.24, 2.45) is 5.73 Å². The number of rotatable bonds is 7. The fraction of sp³-hybridized carbons (Fsp3) is 0.462. The Morgan fingerprint density at radius 2 is 2.00 bits per heavy atom. The molecule has 0 aliphatic rings. The van der Waals surface area contributed by atoms with Crippen molar-refractivity contribution in [3.8, 4) is 5.75 Å². The van der Waals surface area contributed by atoms with Crippen LogP contribution in [-0.4, -0.2) is 24.6 Å². The monoisotopic (exact) mass is 272 g/mol. The molecule has 1 rings (SSSR count). The van der Waals surface area contributed by atoms with Gasteiger partial charge in [0.25, 0.3) is 0 Å². The van der Waals surface area contributed by atoms with Crippen molar-refractivity contribution in [1.29, 1.82) is 0 Å². The number of hydrogen-bond acceptors (Lipinski definition) is 3. The molecule has 0 aliphatic heterocycles. The van der Waals surface area contributed by atoms with Crippen molar-refractivity contribution < 1.29 is 18.3 Å². The summed E-state index contributed by atoms with van der Waals surface area (Å²) in [6.07, 6.45) is 0.789. The maximum Gasteiger partial charge on any atom is 0.240 e. The smallest absolute Gasteiger partial charge is 0.240 e. The van der Waals surface area contributed by atoms with Crippen molar-refractivity contribution >= 4 is 5.91 Å². The Kier molecular flexibility index (Phi) is 5.23. The first-order valence-electron chi connectivity index (χ1n) is 6.02. The van der Waals surface area contributed by atoms with Crippen molar-refractivity contribution in [2.45, 2.75) is 25.8 Å². The van der Waals surface area contributed by atoms with Gasteiger partial charge in [-0.2, -0.15) is 0 Å². The number of amides is 1. The highest BCUT2D eigenvalue weighted by Gasteiger charge is 2.32. The molecule has 0 aliphatic carbocycles. The molecule has 1 amide bonds. The predicted octanol–water partition coefficient (Wildman–Crippen LogP) is 1.59. The summed E-state index contributed by atoms with van der Waals surface area (Å²) in [5.74, 6) is -2.78. The zero-order valence-corrected chi connectivity index (χ0v) is 11.0. The molecule has 6 heteroatoms. The quantitative estimate of drug-likeness (QED) is 0.792.